The van der Waals surface area contributed by atoms with Crippen molar-refractivity contribution < 1.29 is 19.2 Å². The van der Waals surface area contributed by atoms with E-state index in [0.717, 1.165) is 23.1 Å². The summed E-state index contributed by atoms with van der Waals surface area (Å²) in [6.07, 6.45) is 0.962. The topological polar surface area (TPSA) is 111 Å². The molecule has 1 aromatic carbocycles. The lowest BCUT2D eigenvalue weighted by molar-refractivity contribution is -0.394. The van der Waals surface area contributed by atoms with Gasteiger partial charge in [-0.05, 0) is 33.0 Å². The summed E-state index contributed by atoms with van der Waals surface area (Å²) in [6.45, 7) is 0. The molecule has 0 saturated carbocycles. The smallest absolute Gasteiger partial charge is 0.478 e. The van der Waals surface area contributed by atoms with Gasteiger partial charge in [0.2, 0.25) is 6.33 Å². The third-order valence-electron chi connectivity index (χ3n) is 2.18. The van der Waals surface area contributed by atoms with Crippen LogP contribution in [0.15, 0.2) is 22.9 Å². The van der Waals surface area contributed by atoms with Crippen molar-refractivity contribution in [3.05, 3.63) is 44.4 Å². The third-order valence-corrected chi connectivity index (χ3v) is 2.96. The van der Waals surface area contributed by atoms with E-state index in [1.807, 2.05) is 0 Å². The Morgan fingerprint density at radius 2 is 2.21 bits per heavy atom. The van der Waals surface area contributed by atoms with Gasteiger partial charge in [-0.25, -0.2) is 9.18 Å². The predicted molar refractivity (Wildman–Crippen MR) is 62.6 cm³/mol. The van der Waals surface area contributed by atoms with Gasteiger partial charge in [-0.2, -0.15) is 0 Å². The number of benzene rings is 1. The second kappa shape index (κ2) is 4.72. The molecule has 0 saturated heterocycles. The summed E-state index contributed by atoms with van der Waals surface area (Å²) < 4.78 is 14.5. The molecule has 0 atom stereocenters. The van der Waals surface area contributed by atoms with E-state index in [2.05, 4.69) is 26.0 Å². The first-order valence-electron chi connectivity index (χ1n) is 4.69. The van der Waals surface area contributed by atoms with Crippen LogP contribution in [0.25, 0.3) is 5.69 Å². The van der Waals surface area contributed by atoms with Crippen molar-refractivity contribution in [3.63, 3.8) is 0 Å². The molecule has 98 valence electrons. The molecule has 1 aromatic heterocycles. The number of nitrogens with zero attached hydrogens (tertiary/aromatic N) is 4. The SMILES string of the molecule is O=C(O)c1ccc(-n2cnc([N+](=O)[O-])n2)c(F)c1Br. The fraction of sp³-hybridized carbons (Fsp3) is 0. The van der Waals surface area contributed by atoms with Gasteiger partial charge in [-0.15, -0.1) is 4.68 Å². The lowest BCUT2D eigenvalue weighted by atomic mass is 10.2. The zero-order valence-corrected chi connectivity index (χ0v) is 10.5. The maximum absolute atomic E-state index is 13.9. The molecule has 10 heteroatoms. The predicted octanol–water partition coefficient (Wildman–Crippen LogP) is 1.78. The number of aromatic carboxylic acids is 1. The number of hydrogen-bond acceptors (Lipinski definition) is 5. The van der Waals surface area contributed by atoms with Gasteiger partial charge in [-0.1, -0.05) is 4.98 Å². The Bertz CT molecular complexity index is 687. The molecule has 0 amide bonds. The Balaban J connectivity index is 2.54. The quantitative estimate of drug-likeness (QED) is 0.678. The normalized spacial score (nSPS) is 10.4. The summed E-state index contributed by atoms with van der Waals surface area (Å²) in [5.41, 5.74) is -0.423. The Morgan fingerprint density at radius 3 is 2.74 bits per heavy atom. The minimum absolute atomic E-state index is 0.155. The summed E-state index contributed by atoms with van der Waals surface area (Å²) in [6, 6.07) is 2.29. The van der Waals surface area contributed by atoms with Crippen molar-refractivity contribution >= 4 is 27.8 Å². The number of carboxylic acids is 1. The second-order valence-corrected chi connectivity index (χ2v) is 4.10. The Labute approximate surface area is 112 Å². The number of hydrogen-bond donors (Lipinski definition) is 1. The number of carboxylic acid groups (broad SMARTS) is 1. The molecule has 0 bridgehead atoms. The van der Waals surface area contributed by atoms with Gasteiger partial charge in [0, 0.05) is 5.10 Å². The maximum Gasteiger partial charge on any atom is 0.491 e. The molecule has 0 spiro atoms. The van der Waals surface area contributed by atoms with Gasteiger partial charge in [0.1, 0.15) is 5.69 Å². The van der Waals surface area contributed by atoms with Crippen molar-refractivity contribution in [3.8, 4) is 5.69 Å². The van der Waals surface area contributed by atoms with Crippen LogP contribution in [0, 0.1) is 15.9 Å². The van der Waals surface area contributed by atoms with E-state index in [1.165, 1.54) is 0 Å². The molecular formula is C9H4BrFN4O4. The van der Waals surface area contributed by atoms with Crippen molar-refractivity contribution in [2.24, 2.45) is 0 Å². The zero-order chi connectivity index (χ0) is 14.2. The molecule has 2 rings (SSSR count). The average molecular weight is 331 g/mol. The summed E-state index contributed by atoms with van der Waals surface area (Å²) in [5, 5.41) is 22.7. The highest BCUT2D eigenvalue weighted by Crippen LogP contribution is 2.26. The van der Waals surface area contributed by atoms with Crippen LogP contribution >= 0.6 is 15.9 Å². The van der Waals surface area contributed by atoms with E-state index < -0.39 is 22.7 Å². The zero-order valence-electron chi connectivity index (χ0n) is 8.95. The van der Waals surface area contributed by atoms with Crippen LogP contribution < -0.4 is 0 Å². The molecule has 0 fully saturated rings. The van der Waals surface area contributed by atoms with Gasteiger partial charge in [0.05, 0.1) is 10.0 Å². The van der Waals surface area contributed by atoms with Crippen LogP contribution in [0.5, 0.6) is 0 Å². The van der Waals surface area contributed by atoms with Crippen LogP contribution in [-0.4, -0.2) is 30.8 Å². The van der Waals surface area contributed by atoms with Crippen LogP contribution in [0.4, 0.5) is 10.3 Å². The monoisotopic (exact) mass is 330 g/mol. The fourth-order valence-electron chi connectivity index (χ4n) is 1.34. The van der Waals surface area contributed by atoms with Gasteiger partial charge in [-0.3, -0.25) is 0 Å². The van der Waals surface area contributed by atoms with Gasteiger partial charge in [0.25, 0.3) is 0 Å². The fourth-order valence-corrected chi connectivity index (χ4v) is 1.84. The molecule has 1 N–H and O–H groups in total. The van der Waals surface area contributed by atoms with Crippen molar-refractivity contribution in [2.75, 3.05) is 0 Å². The average Bonchev–Trinajstić information content (AvgIpc) is 2.81. The number of aromatic nitrogens is 3. The van der Waals surface area contributed by atoms with Crippen LogP contribution in [0.3, 0.4) is 0 Å². The highest BCUT2D eigenvalue weighted by molar-refractivity contribution is 9.10. The molecule has 0 radical (unpaired) electrons. The molecule has 19 heavy (non-hydrogen) atoms. The first-order chi connectivity index (χ1) is 8.91. The molecule has 1 heterocycles. The van der Waals surface area contributed by atoms with E-state index in [1.54, 1.807) is 0 Å². The highest BCUT2D eigenvalue weighted by Gasteiger charge is 2.21. The summed E-state index contributed by atoms with van der Waals surface area (Å²) in [5.74, 6) is -2.89. The minimum Gasteiger partial charge on any atom is -0.478 e. The number of nitro groups is 1. The molecule has 8 nitrogen and oxygen atoms in total. The van der Waals surface area contributed by atoms with Gasteiger partial charge < -0.3 is 15.2 Å². The number of carbonyl (C=O) groups is 1. The lowest BCUT2D eigenvalue weighted by Crippen LogP contribution is -2.05. The van der Waals surface area contributed by atoms with Gasteiger partial charge >= 0.3 is 11.9 Å². The van der Waals surface area contributed by atoms with Crippen LogP contribution in [-0.2, 0) is 0 Å². The molecule has 0 aliphatic heterocycles. The van der Waals surface area contributed by atoms with E-state index in [9.17, 15) is 19.3 Å². The van der Waals surface area contributed by atoms with Crippen molar-refractivity contribution in [1.29, 1.82) is 0 Å². The molecule has 2 aromatic rings. The van der Waals surface area contributed by atoms with Crippen molar-refractivity contribution in [1.82, 2.24) is 14.8 Å². The lowest BCUT2D eigenvalue weighted by Gasteiger charge is -2.04. The van der Waals surface area contributed by atoms with E-state index >= 15 is 0 Å². The number of halogens is 2. The number of rotatable bonds is 3. The maximum atomic E-state index is 13.9. The molecule has 0 aliphatic carbocycles. The summed E-state index contributed by atoms with van der Waals surface area (Å²) >= 11 is 2.81. The second-order valence-electron chi connectivity index (χ2n) is 3.31. The van der Waals surface area contributed by atoms with E-state index in [-0.39, 0.29) is 15.7 Å². The Hall–Kier alpha value is -2.36. The summed E-state index contributed by atoms with van der Waals surface area (Å²) in [7, 11) is 0. The van der Waals surface area contributed by atoms with Crippen LogP contribution in [0.1, 0.15) is 10.4 Å². The van der Waals surface area contributed by atoms with Crippen molar-refractivity contribution in [2.45, 2.75) is 0 Å². The highest BCUT2D eigenvalue weighted by atomic mass is 79.9. The molecule has 0 unspecified atom stereocenters. The Kier molecular flexibility index (Phi) is 3.25. The third kappa shape index (κ3) is 2.29. The molecule has 0 aliphatic rings. The van der Waals surface area contributed by atoms with E-state index in [4.69, 9.17) is 5.11 Å². The molecular weight excluding hydrogens is 327 g/mol. The van der Waals surface area contributed by atoms with Crippen LogP contribution in [0.2, 0.25) is 0 Å². The summed E-state index contributed by atoms with van der Waals surface area (Å²) in [4.78, 5) is 23.8. The largest absolute Gasteiger partial charge is 0.491 e. The van der Waals surface area contributed by atoms with E-state index in [0.29, 0.717) is 0 Å². The Morgan fingerprint density at radius 1 is 1.53 bits per heavy atom. The minimum atomic E-state index is -1.30. The first kappa shape index (κ1) is 13.1. The van der Waals surface area contributed by atoms with Gasteiger partial charge in [0.15, 0.2) is 5.82 Å². The first-order valence-corrected chi connectivity index (χ1v) is 5.49. The standard InChI is InChI=1S/C9H4BrFN4O4/c10-6-4(8(16)17)1-2-5(7(6)11)14-3-12-9(13-14)15(18)19/h1-3H,(H,16,17).